The molecule has 0 radical (unpaired) electrons. The van der Waals surface area contributed by atoms with Crippen LogP contribution >= 0.6 is 34.4 Å². The fourth-order valence-electron chi connectivity index (χ4n) is 3.42. The number of thioether (sulfide) groups is 1. The van der Waals surface area contributed by atoms with Crippen LogP contribution in [-0.2, 0) is 18.6 Å². The van der Waals surface area contributed by atoms with Crippen LogP contribution in [-0.4, -0.2) is 14.4 Å². The molecule has 0 amide bonds. The maximum Gasteiger partial charge on any atom is 0.259 e. The van der Waals surface area contributed by atoms with Gasteiger partial charge in [0.05, 0.1) is 11.4 Å². The molecule has 0 aliphatic heterocycles. The fraction of sp³-hybridized carbons (Fsp3) is 0.250. The quantitative estimate of drug-likeness (QED) is 0.441. The molecule has 3 aromatic heterocycles. The lowest BCUT2D eigenvalue weighted by atomic mass is 10.0. The molecule has 1 aliphatic carbocycles. The van der Waals surface area contributed by atoms with Crippen molar-refractivity contribution in [2.24, 2.45) is 0 Å². The van der Waals surface area contributed by atoms with E-state index in [1.165, 1.54) is 17.0 Å². The van der Waals surface area contributed by atoms with Gasteiger partial charge >= 0.3 is 0 Å². The monoisotopic (exact) mass is 411 g/mol. The van der Waals surface area contributed by atoms with E-state index < -0.39 is 0 Å². The number of nitrogens with zero attached hydrogens (tertiary/aromatic N) is 3. The van der Waals surface area contributed by atoms with Gasteiger partial charge in [-0.05, 0) is 25.7 Å². The van der Waals surface area contributed by atoms with E-state index in [0.717, 1.165) is 45.5 Å². The van der Waals surface area contributed by atoms with Gasteiger partial charge in [0.1, 0.15) is 0 Å². The number of aryl methyl sites for hydroxylation is 2. The van der Waals surface area contributed by atoms with Crippen molar-refractivity contribution in [1.82, 2.24) is 14.4 Å². The standard InChI is InChI=1S/C20H17N3OS3/c24-18-10-14(21-19-23(18)16-8-4-5-9-17(16)27-19)11-25-20-22-15(12-26-20)13-6-2-1-3-7-13/h1-3,6-7,10,12H,4-5,8-9,11H2. The third kappa shape index (κ3) is 3.35. The summed E-state index contributed by atoms with van der Waals surface area (Å²) >= 11 is 4.96. The van der Waals surface area contributed by atoms with Crippen molar-refractivity contribution in [2.75, 3.05) is 0 Å². The van der Waals surface area contributed by atoms with Crippen molar-refractivity contribution in [2.45, 2.75) is 35.8 Å². The lowest BCUT2D eigenvalue weighted by Crippen LogP contribution is -2.17. The predicted octanol–water partition coefficient (Wildman–Crippen LogP) is 5.05. The Labute approximate surface area is 168 Å². The molecule has 0 saturated heterocycles. The second-order valence-corrected chi connectivity index (χ2v) is 9.68. The summed E-state index contributed by atoms with van der Waals surface area (Å²) in [6.45, 7) is 0. The first kappa shape index (κ1) is 17.2. The highest BCUT2D eigenvalue weighted by atomic mass is 32.2. The number of hydrogen-bond donors (Lipinski definition) is 0. The molecule has 4 nitrogen and oxygen atoms in total. The van der Waals surface area contributed by atoms with E-state index in [1.54, 1.807) is 40.5 Å². The highest BCUT2D eigenvalue weighted by Gasteiger charge is 2.18. The molecule has 136 valence electrons. The summed E-state index contributed by atoms with van der Waals surface area (Å²) in [7, 11) is 0. The molecule has 0 spiro atoms. The summed E-state index contributed by atoms with van der Waals surface area (Å²) in [4.78, 5) is 24.3. The molecule has 27 heavy (non-hydrogen) atoms. The maximum atomic E-state index is 12.6. The zero-order valence-electron chi connectivity index (χ0n) is 14.6. The van der Waals surface area contributed by atoms with Gasteiger partial charge in [-0.15, -0.1) is 22.7 Å². The van der Waals surface area contributed by atoms with E-state index in [9.17, 15) is 4.79 Å². The molecular formula is C20H17N3OS3. The first-order chi connectivity index (χ1) is 13.3. The fourth-order valence-corrected chi connectivity index (χ4v) is 6.38. The second kappa shape index (κ2) is 7.22. The average Bonchev–Trinajstić information content (AvgIpc) is 3.31. The Balaban J connectivity index is 1.38. The SMILES string of the molecule is O=c1cc(CSc2nc(-c3ccccc3)cs2)nc2sc3c(n12)CCCC3. The van der Waals surface area contributed by atoms with Gasteiger partial charge in [-0.1, -0.05) is 42.1 Å². The molecule has 0 atom stereocenters. The van der Waals surface area contributed by atoms with Crippen LogP contribution in [0.5, 0.6) is 0 Å². The lowest BCUT2D eigenvalue weighted by Gasteiger charge is -2.10. The van der Waals surface area contributed by atoms with Gasteiger partial charge in [0.15, 0.2) is 9.30 Å². The average molecular weight is 412 g/mol. The number of aromatic nitrogens is 3. The van der Waals surface area contributed by atoms with Gasteiger partial charge in [0, 0.05) is 33.3 Å². The molecule has 1 aromatic carbocycles. The molecule has 7 heteroatoms. The highest BCUT2D eigenvalue weighted by Crippen LogP contribution is 2.31. The van der Waals surface area contributed by atoms with E-state index in [2.05, 4.69) is 17.5 Å². The molecule has 3 heterocycles. The largest absolute Gasteiger partial charge is 0.269 e. The Hall–Kier alpha value is -1.96. The normalized spacial score (nSPS) is 13.8. The highest BCUT2D eigenvalue weighted by molar-refractivity contribution is 8.00. The Morgan fingerprint density at radius 1 is 1.11 bits per heavy atom. The first-order valence-electron chi connectivity index (χ1n) is 8.95. The van der Waals surface area contributed by atoms with Gasteiger partial charge in [-0.3, -0.25) is 9.20 Å². The summed E-state index contributed by atoms with van der Waals surface area (Å²) in [6.07, 6.45) is 4.45. The van der Waals surface area contributed by atoms with Crippen LogP contribution in [0.3, 0.4) is 0 Å². The van der Waals surface area contributed by atoms with Crippen molar-refractivity contribution in [1.29, 1.82) is 0 Å². The third-order valence-electron chi connectivity index (χ3n) is 4.71. The van der Waals surface area contributed by atoms with Crippen LogP contribution in [0.4, 0.5) is 0 Å². The minimum Gasteiger partial charge on any atom is -0.269 e. The number of hydrogen-bond acceptors (Lipinski definition) is 6. The van der Waals surface area contributed by atoms with Crippen molar-refractivity contribution in [3.05, 3.63) is 68.4 Å². The summed E-state index contributed by atoms with van der Waals surface area (Å²) < 4.78 is 2.82. The van der Waals surface area contributed by atoms with Crippen molar-refractivity contribution in [3.8, 4) is 11.3 Å². The van der Waals surface area contributed by atoms with Gasteiger partial charge in [-0.2, -0.15) is 0 Å². The number of thiazole rings is 2. The summed E-state index contributed by atoms with van der Waals surface area (Å²) in [5, 5.41) is 2.08. The summed E-state index contributed by atoms with van der Waals surface area (Å²) in [5.74, 6) is 0.663. The van der Waals surface area contributed by atoms with Crippen LogP contribution in [0.25, 0.3) is 16.2 Å². The molecule has 1 aliphatic rings. The topological polar surface area (TPSA) is 47.3 Å². The van der Waals surface area contributed by atoms with Gasteiger partial charge in [0.25, 0.3) is 5.56 Å². The van der Waals surface area contributed by atoms with Crippen molar-refractivity contribution >= 4 is 39.4 Å². The third-order valence-corrected chi connectivity index (χ3v) is 7.91. The van der Waals surface area contributed by atoms with Crippen LogP contribution in [0, 0.1) is 0 Å². The van der Waals surface area contributed by atoms with E-state index in [0.29, 0.717) is 5.75 Å². The van der Waals surface area contributed by atoms with Crippen LogP contribution in [0.15, 0.2) is 50.9 Å². The zero-order valence-corrected chi connectivity index (χ0v) is 17.0. The van der Waals surface area contributed by atoms with E-state index in [4.69, 9.17) is 9.97 Å². The van der Waals surface area contributed by atoms with Gasteiger partial charge < -0.3 is 0 Å². The summed E-state index contributed by atoms with van der Waals surface area (Å²) in [5.41, 5.74) is 4.20. The van der Waals surface area contributed by atoms with Gasteiger partial charge in [0.2, 0.25) is 0 Å². The number of benzene rings is 1. The van der Waals surface area contributed by atoms with E-state index >= 15 is 0 Å². The Bertz CT molecular complexity index is 1160. The molecule has 0 fully saturated rings. The number of rotatable bonds is 4. The van der Waals surface area contributed by atoms with Gasteiger partial charge in [-0.25, -0.2) is 9.97 Å². The Morgan fingerprint density at radius 3 is 2.85 bits per heavy atom. The number of fused-ring (bicyclic) bond motifs is 3. The maximum absolute atomic E-state index is 12.6. The van der Waals surface area contributed by atoms with Crippen LogP contribution < -0.4 is 5.56 Å². The molecule has 0 N–H and O–H groups in total. The smallest absolute Gasteiger partial charge is 0.259 e. The zero-order chi connectivity index (χ0) is 18.2. The van der Waals surface area contributed by atoms with E-state index in [-0.39, 0.29) is 5.56 Å². The minimum absolute atomic E-state index is 0.0547. The van der Waals surface area contributed by atoms with Crippen molar-refractivity contribution < 1.29 is 0 Å². The Morgan fingerprint density at radius 2 is 1.96 bits per heavy atom. The molecule has 0 saturated carbocycles. The first-order valence-corrected chi connectivity index (χ1v) is 11.6. The summed E-state index contributed by atoms with van der Waals surface area (Å²) in [6, 6.07) is 11.9. The lowest BCUT2D eigenvalue weighted by molar-refractivity contribution is 0.670. The van der Waals surface area contributed by atoms with Crippen molar-refractivity contribution in [3.63, 3.8) is 0 Å². The molecule has 0 bridgehead atoms. The molecule has 4 aromatic rings. The van der Waals surface area contributed by atoms with Crippen LogP contribution in [0.2, 0.25) is 0 Å². The van der Waals surface area contributed by atoms with Crippen LogP contribution in [0.1, 0.15) is 29.1 Å². The predicted molar refractivity (Wildman–Crippen MR) is 113 cm³/mol. The second-order valence-electron chi connectivity index (χ2n) is 6.54. The molecular weight excluding hydrogens is 394 g/mol. The molecule has 5 rings (SSSR count). The van der Waals surface area contributed by atoms with E-state index in [1.807, 2.05) is 22.6 Å². The Kier molecular flexibility index (Phi) is 4.59. The minimum atomic E-state index is 0.0547. The molecule has 0 unspecified atom stereocenters.